The summed E-state index contributed by atoms with van der Waals surface area (Å²) < 4.78 is 23.5. The first-order valence-electron chi connectivity index (χ1n) is 9.82. The predicted molar refractivity (Wildman–Crippen MR) is 115 cm³/mol. The highest BCUT2D eigenvalue weighted by Gasteiger charge is 2.20. The zero-order valence-corrected chi connectivity index (χ0v) is 17.7. The van der Waals surface area contributed by atoms with Crippen LogP contribution in [0.4, 0.5) is 11.4 Å². The second kappa shape index (κ2) is 8.94. The number of anilines is 2. The van der Waals surface area contributed by atoms with Crippen molar-refractivity contribution in [1.82, 2.24) is 4.90 Å². The Morgan fingerprint density at radius 3 is 2.48 bits per heavy atom. The number of hydrogen-bond acceptors (Lipinski definition) is 5. The molecule has 0 atom stereocenters. The van der Waals surface area contributed by atoms with Crippen molar-refractivity contribution in [2.24, 2.45) is 5.14 Å². The molecule has 0 unspecified atom stereocenters. The molecule has 0 saturated heterocycles. The average molecular weight is 417 g/mol. The van der Waals surface area contributed by atoms with Gasteiger partial charge in [0.15, 0.2) is 0 Å². The minimum atomic E-state index is -3.86. The first-order chi connectivity index (χ1) is 13.8. The third-order valence-electron chi connectivity index (χ3n) is 5.25. The molecule has 0 spiro atoms. The number of hydrogen-bond donors (Lipinski definition) is 2. The molecule has 1 aliphatic heterocycles. The molecule has 0 aliphatic carbocycles. The van der Waals surface area contributed by atoms with E-state index in [1.54, 1.807) is 6.07 Å². The smallest absolute Gasteiger partial charge is 0.238 e. The number of fused-ring (bicyclic) bond motifs is 1. The summed E-state index contributed by atoms with van der Waals surface area (Å²) >= 11 is 0. The van der Waals surface area contributed by atoms with Gasteiger partial charge < -0.3 is 10.2 Å². The van der Waals surface area contributed by atoms with Crippen molar-refractivity contribution in [2.75, 3.05) is 36.4 Å². The number of carbonyl (C=O) groups excluding carboxylic acids is 1. The summed E-state index contributed by atoms with van der Waals surface area (Å²) in [4.78, 5) is 16.9. The molecule has 0 fully saturated rings. The van der Waals surface area contributed by atoms with E-state index < -0.39 is 10.0 Å². The number of benzene rings is 2. The Labute approximate surface area is 172 Å². The van der Waals surface area contributed by atoms with Gasteiger partial charge in [-0.1, -0.05) is 24.3 Å². The largest absolute Gasteiger partial charge is 0.370 e. The molecule has 1 amide bonds. The molecule has 2 aromatic carbocycles. The van der Waals surface area contributed by atoms with Crippen LogP contribution >= 0.6 is 0 Å². The number of primary sulfonamides is 1. The fourth-order valence-electron chi connectivity index (χ4n) is 3.71. The Morgan fingerprint density at radius 2 is 1.83 bits per heavy atom. The van der Waals surface area contributed by atoms with Crippen LogP contribution in [0, 0.1) is 0 Å². The number of nitrogens with one attached hydrogen (secondary N) is 1. The molecule has 3 rings (SSSR count). The molecule has 1 heterocycles. The molecule has 3 N–H and O–H groups in total. The van der Waals surface area contributed by atoms with E-state index in [9.17, 15) is 13.2 Å². The monoisotopic (exact) mass is 416 g/mol. The molecule has 7 nitrogen and oxygen atoms in total. The molecular formula is C21H28N4O3S. The molecule has 8 heteroatoms. The van der Waals surface area contributed by atoms with Crippen molar-refractivity contribution >= 4 is 27.3 Å². The van der Waals surface area contributed by atoms with Crippen LogP contribution in [-0.4, -0.2) is 45.4 Å². The van der Waals surface area contributed by atoms with E-state index in [4.69, 9.17) is 5.14 Å². The third-order valence-corrected chi connectivity index (χ3v) is 6.16. The van der Waals surface area contributed by atoms with E-state index >= 15 is 0 Å². The highest BCUT2D eigenvalue weighted by Crippen LogP contribution is 2.29. The zero-order chi connectivity index (χ0) is 21.0. The SMILES string of the molecule is CCN(CC)c1ccc(S(N)(=O)=O)cc1NC(=O)CN1CCc2ccccc2C1. The van der Waals surface area contributed by atoms with Crippen LogP contribution in [-0.2, 0) is 27.8 Å². The Bertz CT molecular complexity index is 987. The molecular weight excluding hydrogens is 388 g/mol. The maximum atomic E-state index is 12.8. The molecule has 0 saturated carbocycles. The van der Waals surface area contributed by atoms with Crippen LogP contribution in [0.25, 0.3) is 0 Å². The summed E-state index contributed by atoms with van der Waals surface area (Å²) in [5, 5.41) is 8.18. The fourth-order valence-corrected chi connectivity index (χ4v) is 4.25. The Balaban J connectivity index is 1.78. The van der Waals surface area contributed by atoms with E-state index in [1.807, 2.05) is 26.0 Å². The van der Waals surface area contributed by atoms with Gasteiger partial charge in [-0.15, -0.1) is 0 Å². The fraction of sp³-hybridized carbons (Fsp3) is 0.381. The predicted octanol–water partition coefficient (Wildman–Crippen LogP) is 2.18. The minimum absolute atomic E-state index is 0.0180. The van der Waals surface area contributed by atoms with E-state index in [2.05, 4.69) is 27.2 Å². The lowest BCUT2D eigenvalue weighted by Gasteiger charge is -2.29. The van der Waals surface area contributed by atoms with Crippen molar-refractivity contribution in [3.8, 4) is 0 Å². The summed E-state index contributed by atoms with van der Waals surface area (Å²) in [5.41, 5.74) is 3.81. The molecule has 29 heavy (non-hydrogen) atoms. The normalized spacial score (nSPS) is 14.3. The molecule has 0 bridgehead atoms. The maximum Gasteiger partial charge on any atom is 0.238 e. The van der Waals surface area contributed by atoms with Gasteiger partial charge in [0.2, 0.25) is 15.9 Å². The lowest BCUT2D eigenvalue weighted by molar-refractivity contribution is -0.117. The van der Waals surface area contributed by atoms with Gasteiger partial charge in [0.25, 0.3) is 0 Å². The van der Waals surface area contributed by atoms with E-state index in [0.29, 0.717) is 5.69 Å². The summed E-state index contributed by atoms with van der Waals surface area (Å²) in [5.74, 6) is -0.177. The van der Waals surface area contributed by atoms with Gasteiger partial charge in [-0.25, -0.2) is 13.6 Å². The summed E-state index contributed by atoms with van der Waals surface area (Å²) in [7, 11) is -3.86. The summed E-state index contributed by atoms with van der Waals surface area (Å²) in [6, 6.07) is 12.9. The number of amides is 1. The Kier molecular flexibility index (Phi) is 6.56. The van der Waals surface area contributed by atoms with Crippen molar-refractivity contribution < 1.29 is 13.2 Å². The van der Waals surface area contributed by atoms with Gasteiger partial charge in [0.1, 0.15) is 0 Å². The molecule has 2 aromatic rings. The van der Waals surface area contributed by atoms with Gasteiger partial charge >= 0.3 is 0 Å². The molecule has 1 aliphatic rings. The topological polar surface area (TPSA) is 95.7 Å². The first kappa shape index (κ1) is 21.3. The second-order valence-corrected chi connectivity index (χ2v) is 8.74. The number of nitrogens with zero attached hydrogens (tertiary/aromatic N) is 2. The highest BCUT2D eigenvalue weighted by atomic mass is 32.2. The lowest BCUT2D eigenvalue weighted by atomic mass is 10.00. The first-order valence-corrected chi connectivity index (χ1v) is 11.4. The van der Waals surface area contributed by atoms with Gasteiger partial charge in [-0.05, 0) is 49.6 Å². The molecule has 156 valence electrons. The summed E-state index contributed by atoms with van der Waals surface area (Å²) in [6.45, 7) is 7.26. The lowest BCUT2D eigenvalue weighted by Crippen LogP contribution is -2.37. The number of carbonyl (C=O) groups is 1. The number of sulfonamides is 1. The Morgan fingerprint density at radius 1 is 1.14 bits per heavy atom. The highest BCUT2D eigenvalue weighted by molar-refractivity contribution is 7.89. The van der Waals surface area contributed by atoms with E-state index in [0.717, 1.165) is 38.3 Å². The summed E-state index contributed by atoms with van der Waals surface area (Å²) in [6.07, 6.45) is 0.912. The average Bonchev–Trinajstić information content (AvgIpc) is 2.69. The van der Waals surface area contributed by atoms with Crippen LogP contribution < -0.4 is 15.4 Å². The van der Waals surface area contributed by atoms with Crippen LogP contribution in [0.3, 0.4) is 0 Å². The van der Waals surface area contributed by atoms with Crippen molar-refractivity contribution in [3.63, 3.8) is 0 Å². The molecule has 0 aromatic heterocycles. The standard InChI is InChI=1S/C21H28N4O3S/c1-3-25(4-2)20-10-9-18(29(22,27)28)13-19(20)23-21(26)15-24-12-11-16-7-5-6-8-17(16)14-24/h5-10,13H,3-4,11-12,14-15H2,1-2H3,(H,23,26)(H2,22,27,28). The van der Waals surface area contributed by atoms with Crippen molar-refractivity contribution in [3.05, 3.63) is 53.6 Å². The van der Waals surface area contributed by atoms with Crippen molar-refractivity contribution in [2.45, 2.75) is 31.7 Å². The zero-order valence-electron chi connectivity index (χ0n) is 16.9. The van der Waals surface area contributed by atoms with Crippen LogP contribution in [0.5, 0.6) is 0 Å². The Hall–Kier alpha value is -2.42. The van der Waals surface area contributed by atoms with Crippen LogP contribution in [0.2, 0.25) is 0 Å². The van der Waals surface area contributed by atoms with Crippen LogP contribution in [0.1, 0.15) is 25.0 Å². The maximum absolute atomic E-state index is 12.8. The second-order valence-electron chi connectivity index (χ2n) is 7.17. The minimum Gasteiger partial charge on any atom is -0.370 e. The van der Waals surface area contributed by atoms with Crippen LogP contribution in [0.15, 0.2) is 47.4 Å². The van der Waals surface area contributed by atoms with Gasteiger partial charge in [-0.3, -0.25) is 9.69 Å². The van der Waals surface area contributed by atoms with Gasteiger partial charge in [-0.2, -0.15) is 0 Å². The van der Waals surface area contributed by atoms with E-state index in [-0.39, 0.29) is 17.3 Å². The molecule has 0 radical (unpaired) electrons. The van der Waals surface area contributed by atoms with Crippen molar-refractivity contribution in [1.29, 1.82) is 0 Å². The number of nitrogens with two attached hydrogens (primary N) is 1. The third kappa shape index (κ3) is 5.14. The quantitative estimate of drug-likeness (QED) is 0.721. The van der Waals surface area contributed by atoms with E-state index in [1.165, 1.54) is 23.3 Å². The van der Waals surface area contributed by atoms with Gasteiger partial charge in [0, 0.05) is 26.2 Å². The van der Waals surface area contributed by atoms with Gasteiger partial charge in [0.05, 0.1) is 22.8 Å². The number of rotatable bonds is 7.